The van der Waals surface area contributed by atoms with Crippen molar-refractivity contribution in [3.05, 3.63) is 0 Å². The van der Waals surface area contributed by atoms with Crippen LogP contribution in [0, 0.1) is 0 Å². The molecule has 0 aromatic heterocycles. The van der Waals surface area contributed by atoms with Crippen molar-refractivity contribution in [2.75, 3.05) is 19.8 Å². The molecule has 3 unspecified atom stereocenters. The molecule has 0 aromatic carbocycles. The highest BCUT2D eigenvalue weighted by Gasteiger charge is 2.47. The molecule has 1 saturated heterocycles. The van der Waals surface area contributed by atoms with E-state index in [4.69, 9.17) is 20.3 Å². The molecule has 9 N–H and O–H groups in total. The number of aliphatic hydroxyl groups excluding tert-OH is 6. The molecule has 142 valence electrons. The summed E-state index contributed by atoms with van der Waals surface area (Å²) in [5.41, 5.74) is 5.33. The Morgan fingerprint density at radius 3 is 2.33 bits per heavy atom. The van der Waals surface area contributed by atoms with Crippen LogP contribution >= 0.6 is 0 Å². The van der Waals surface area contributed by atoms with Crippen molar-refractivity contribution in [1.29, 1.82) is 0 Å². The molecule has 0 aliphatic carbocycles. The van der Waals surface area contributed by atoms with Gasteiger partial charge in [0.25, 0.3) is 0 Å². The molecule has 1 amide bonds. The van der Waals surface area contributed by atoms with Crippen molar-refractivity contribution in [1.82, 2.24) is 5.32 Å². The number of aliphatic hydroxyl groups is 6. The van der Waals surface area contributed by atoms with Crippen molar-refractivity contribution in [3.63, 3.8) is 0 Å². The minimum absolute atomic E-state index is 0.298. The Labute approximate surface area is 138 Å². The Kier molecular flexibility index (Phi) is 8.42. The van der Waals surface area contributed by atoms with Crippen LogP contribution < -0.4 is 11.1 Å². The van der Waals surface area contributed by atoms with E-state index in [0.29, 0.717) is 0 Å². The number of hydrogen-bond acceptors (Lipinski definition) is 10. The summed E-state index contributed by atoms with van der Waals surface area (Å²) in [4.78, 5) is 11.3. The summed E-state index contributed by atoms with van der Waals surface area (Å²) in [6, 6.07) is -1.24. The molecular weight excluding hydrogens is 328 g/mol. The molecular formula is C13H26N2O9. The SMILES string of the molecule is CC(=O)NC1[C@H](O[C@H](C(O)CO)[C@H](O)CN)OC(CO)[C@@H](O)[C@@H]1O. The van der Waals surface area contributed by atoms with E-state index in [0.717, 1.165) is 0 Å². The minimum Gasteiger partial charge on any atom is -0.394 e. The van der Waals surface area contributed by atoms with Gasteiger partial charge in [0.15, 0.2) is 6.29 Å². The molecule has 24 heavy (non-hydrogen) atoms. The second-order valence-electron chi connectivity index (χ2n) is 5.59. The van der Waals surface area contributed by atoms with E-state index >= 15 is 0 Å². The van der Waals surface area contributed by atoms with Gasteiger partial charge in [-0.15, -0.1) is 0 Å². The van der Waals surface area contributed by atoms with Crippen molar-refractivity contribution >= 4 is 5.91 Å². The fourth-order valence-corrected chi connectivity index (χ4v) is 2.42. The summed E-state index contributed by atoms with van der Waals surface area (Å²) < 4.78 is 10.7. The quantitative estimate of drug-likeness (QED) is 0.209. The largest absolute Gasteiger partial charge is 0.394 e. The molecule has 8 atom stereocenters. The van der Waals surface area contributed by atoms with Crippen LogP contribution in [0.1, 0.15) is 6.92 Å². The van der Waals surface area contributed by atoms with Crippen LogP contribution in [0.4, 0.5) is 0 Å². The number of nitrogens with one attached hydrogen (secondary N) is 1. The van der Waals surface area contributed by atoms with Crippen LogP contribution in [0.15, 0.2) is 0 Å². The van der Waals surface area contributed by atoms with Crippen molar-refractivity contribution in [3.8, 4) is 0 Å². The van der Waals surface area contributed by atoms with E-state index in [2.05, 4.69) is 5.32 Å². The Bertz CT molecular complexity index is 390. The number of rotatable bonds is 8. The number of carbonyl (C=O) groups excluding carboxylic acids is 1. The number of nitrogens with two attached hydrogens (primary N) is 1. The second kappa shape index (κ2) is 9.56. The normalized spacial score (nSPS) is 34.4. The van der Waals surface area contributed by atoms with Gasteiger partial charge in [0, 0.05) is 13.5 Å². The first kappa shape index (κ1) is 21.2. The van der Waals surface area contributed by atoms with E-state index in [9.17, 15) is 30.3 Å². The highest BCUT2D eigenvalue weighted by atomic mass is 16.7. The number of amides is 1. The lowest BCUT2D eigenvalue weighted by Gasteiger charge is -2.44. The molecule has 1 rings (SSSR count). The lowest BCUT2D eigenvalue weighted by Crippen LogP contribution is -2.66. The Morgan fingerprint density at radius 1 is 1.25 bits per heavy atom. The van der Waals surface area contributed by atoms with Gasteiger partial charge in [-0.3, -0.25) is 4.79 Å². The Morgan fingerprint density at radius 2 is 1.88 bits per heavy atom. The Balaban J connectivity index is 3.01. The predicted molar refractivity (Wildman–Crippen MR) is 78.4 cm³/mol. The lowest BCUT2D eigenvalue weighted by molar-refractivity contribution is -0.298. The first-order chi connectivity index (χ1) is 11.3. The molecule has 0 spiro atoms. The third-order valence-corrected chi connectivity index (χ3v) is 3.73. The van der Waals surface area contributed by atoms with Gasteiger partial charge >= 0.3 is 0 Å². The average Bonchev–Trinajstić information content (AvgIpc) is 2.56. The highest BCUT2D eigenvalue weighted by Crippen LogP contribution is 2.24. The Hall–Kier alpha value is -0.890. The van der Waals surface area contributed by atoms with Crippen molar-refractivity contribution in [2.24, 2.45) is 5.73 Å². The van der Waals surface area contributed by atoms with Gasteiger partial charge in [0.05, 0.1) is 19.3 Å². The number of ether oxygens (including phenoxy) is 2. The molecule has 1 heterocycles. The zero-order chi connectivity index (χ0) is 18.4. The number of carbonyl (C=O) groups is 1. The molecule has 0 aromatic rings. The smallest absolute Gasteiger partial charge is 0.217 e. The second-order valence-corrected chi connectivity index (χ2v) is 5.59. The standard InChI is InChI=1S/C13H26N2O9/c1-5(18)15-9-11(22)10(21)8(4-17)23-13(9)24-12(6(19)2-14)7(20)3-16/h6-13,16-17,19-22H,2-4,14H2,1H3,(H,15,18)/t6-,7?,8?,9?,10-,11-,12+,13+/m1/s1. The molecule has 1 aliphatic rings. The van der Waals surface area contributed by atoms with Crippen LogP contribution in [0.3, 0.4) is 0 Å². The summed E-state index contributed by atoms with van der Waals surface area (Å²) in [5.74, 6) is -0.551. The zero-order valence-electron chi connectivity index (χ0n) is 13.2. The summed E-state index contributed by atoms with van der Waals surface area (Å²) in [5, 5.41) is 60.2. The van der Waals surface area contributed by atoms with E-state index < -0.39 is 68.1 Å². The summed E-state index contributed by atoms with van der Waals surface area (Å²) in [6.45, 7) is -0.512. The van der Waals surface area contributed by atoms with E-state index in [1.54, 1.807) is 0 Å². The third kappa shape index (κ3) is 5.05. The van der Waals surface area contributed by atoms with E-state index in [-0.39, 0.29) is 6.54 Å². The molecule has 0 bridgehead atoms. The third-order valence-electron chi connectivity index (χ3n) is 3.73. The van der Waals surface area contributed by atoms with Crippen molar-refractivity contribution in [2.45, 2.75) is 55.9 Å². The molecule has 1 aliphatic heterocycles. The van der Waals surface area contributed by atoms with Gasteiger partial charge in [-0.1, -0.05) is 0 Å². The maximum Gasteiger partial charge on any atom is 0.217 e. The van der Waals surface area contributed by atoms with Gasteiger partial charge in [-0.05, 0) is 0 Å². The highest BCUT2D eigenvalue weighted by molar-refractivity contribution is 5.73. The van der Waals surface area contributed by atoms with Gasteiger partial charge in [-0.25, -0.2) is 0 Å². The maximum atomic E-state index is 11.3. The van der Waals surface area contributed by atoms with Crippen molar-refractivity contribution < 1.29 is 44.9 Å². The monoisotopic (exact) mass is 354 g/mol. The van der Waals surface area contributed by atoms with Crippen LogP contribution in [0.2, 0.25) is 0 Å². The van der Waals surface area contributed by atoms with E-state index in [1.807, 2.05) is 0 Å². The molecule has 1 fully saturated rings. The zero-order valence-corrected chi connectivity index (χ0v) is 13.2. The lowest BCUT2D eigenvalue weighted by atomic mass is 9.96. The van der Waals surface area contributed by atoms with Crippen LogP contribution in [-0.4, -0.2) is 105 Å². The van der Waals surface area contributed by atoms with Gasteiger partial charge in [0.1, 0.15) is 36.6 Å². The van der Waals surface area contributed by atoms with Crippen LogP contribution in [0.5, 0.6) is 0 Å². The molecule has 0 radical (unpaired) electrons. The average molecular weight is 354 g/mol. The fourth-order valence-electron chi connectivity index (χ4n) is 2.42. The first-order valence-electron chi connectivity index (χ1n) is 7.48. The molecule has 11 nitrogen and oxygen atoms in total. The topological polar surface area (TPSA) is 195 Å². The van der Waals surface area contributed by atoms with Gasteiger partial charge in [-0.2, -0.15) is 0 Å². The maximum absolute atomic E-state index is 11.3. The van der Waals surface area contributed by atoms with Gasteiger partial charge < -0.3 is 51.2 Å². The molecule has 11 heteroatoms. The van der Waals surface area contributed by atoms with E-state index in [1.165, 1.54) is 6.92 Å². The van der Waals surface area contributed by atoms with Gasteiger partial charge in [0.2, 0.25) is 5.91 Å². The fraction of sp³-hybridized carbons (Fsp3) is 0.923. The predicted octanol–water partition coefficient (Wildman–Crippen LogP) is -5.01. The van der Waals surface area contributed by atoms with Crippen LogP contribution in [0.25, 0.3) is 0 Å². The molecule has 0 saturated carbocycles. The van der Waals surface area contributed by atoms with Crippen LogP contribution in [-0.2, 0) is 14.3 Å². The summed E-state index contributed by atoms with van der Waals surface area (Å²) >= 11 is 0. The first-order valence-corrected chi connectivity index (χ1v) is 7.48. The minimum atomic E-state index is -1.54. The number of hydrogen-bond donors (Lipinski definition) is 8. The summed E-state index contributed by atoms with van der Waals surface area (Å²) in [7, 11) is 0. The summed E-state index contributed by atoms with van der Waals surface area (Å²) in [6.07, 6.45) is -9.93.